The molecule has 4 atom stereocenters. The molecule has 5 nitrogen and oxygen atoms in total. The Kier molecular flexibility index (Phi) is 4.50. The molecule has 2 bridgehead atoms. The van der Waals surface area contributed by atoms with Gasteiger partial charge in [-0.25, -0.2) is 0 Å². The van der Waals surface area contributed by atoms with Crippen molar-refractivity contribution in [1.82, 2.24) is 0 Å². The Hall–Kier alpha value is -2.43. The van der Waals surface area contributed by atoms with Crippen molar-refractivity contribution in [2.24, 2.45) is 23.7 Å². The van der Waals surface area contributed by atoms with E-state index in [2.05, 4.69) is 5.32 Å². The van der Waals surface area contributed by atoms with Gasteiger partial charge in [0.15, 0.2) is 5.78 Å². The molecule has 25 heavy (non-hydrogen) atoms. The second-order valence-corrected chi connectivity index (χ2v) is 7.26. The largest absolute Gasteiger partial charge is 0.481 e. The molecule has 1 amide bonds. The first-order valence-corrected chi connectivity index (χ1v) is 8.63. The van der Waals surface area contributed by atoms with Crippen LogP contribution in [0.3, 0.4) is 0 Å². The fourth-order valence-electron chi connectivity index (χ4n) is 4.65. The van der Waals surface area contributed by atoms with Crippen molar-refractivity contribution in [3.05, 3.63) is 41.0 Å². The van der Waals surface area contributed by atoms with Gasteiger partial charge in [-0.05, 0) is 57.6 Å². The minimum atomic E-state index is -0.899. The highest BCUT2D eigenvalue weighted by molar-refractivity contribution is 5.99. The highest BCUT2D eigenvalue weighted by Crippen LogP contribution is 2.57. The van der Waals surface area contributed by atoms with Crippen molar-refractivity contribution < 1.29 is 19.5 Å². The molecule has 1 aromatic carbocycles. The predicted molar refractivity (Wildman–Crippen MR) is 94.3 cm³/mol. The lowest BCUT2D eigenvalue weighted by Crippen LogP contribution is -2.37. The van der Waals surface area contributed by atoms with E-state index in [1.807, 2.05) is 13.8 Å². The number of aliphatic carboxylic acids is 1. The Morgan fingerprint density at radius 3 is 2.24 bits per heavy atom. The first-order valence-electron chi connectivity index (χ1n) is 8.63. The Balaban J connectivity index is 1.88. The third-order valence-corrected chi connectivity index (χ3v) is 5.54. The SMILES string of the molecule is CC(=O)c1cccc(NC(=O)[C@H]2[C@H](C(=O)O)[C@H]3CC[C@H]2C3=C(C)C)c1. The van der Waals surface area contributed by atoms with Crippen LogP contribution in [0.2, 0.25) is 0 Å². The zero-order valence-electron chi connectivity index (χ0n) is 14.7. The molecule has 0 saturated heterocycles. The van der Waals surface area contributed by atoms with Crippen molar-refractivity contribution in [1.29, 1.82) is 0 Å². The smallest absolute Gasteiger partial charge is 0.307 e. The standard InChI is InChI=1S/C20H23NO4/c1-10(2)16-14-7-8-15(16)18(20(24)25)17(14)19(23)21-13-6-4-5-12(9-13)11(3)22/h4-6,9,14-15,17-18H,7-8H2,1-3H3,(H,21,23)(H,24,25)/t14-,15-,17+,18+/m0/s1. The van der Waals surface area contributed by atoms with Crippen LogP contribution in [0.4, 0.5) is 5.69 Å². The zero-order valence-corrected chi connectivity index (χ0v) is 14.7. The fraction of sp³-hybridized carbons (Fsp3) is 0.450. The molecule has 0 spiro atoms. The van der Waals surface area contributed by atoms with E-state index in [1.165, 1.54) is 6.92 Å². The number of anilines is 1. The van der Waals surface area contributed by atoms with Gasteiger partial charge in [0.25, 0.3) is 0 Å². The van der Waals surface area contributed by atoms with E-state index in [-0.39, 0.29) is 23.5 Å². The van der Waals surface area contributed by atoms with Gasteiger partial charge in [-0.3, -0.25) is 14.4 Å². The molecule has 132 valence electrons. The summed E-state index contributed by atoms with van der Waals surface area (Å²) in [5.74, 6) is -2.49. The summed E-state index contributed by atoms with van der Waals surface area (Å²) in [5, 5.41) is 12.5. The topological polar surface area (TPSA) is 83.5 Å². The maximum Gasteiger partial charge on any atom is 0.307 e. The third kappa shape index (κ3) is 2.99. The maximum atomic E-state index is 12.9. The Morgan fingerprint density at radius 1 is 1.04 bits per heavy atom. The molecule has 2 aliphatic carbocycles. The van der Waals surface area contributed by atoms with Gasteiger partial charge in [-0.15, -0.1) is 0 Å². The molecule has 2 fully saturated rings. The van der Waals surface area contributed by atoms with Crippen molar-refractivity contribution in [3.8, 4) is 0 Å². The van der Waals surface area contributed by atoms with Crippen molar-refractivity contribution in [2.45, 2.75) is 33.6 Å². The van der Waals surface area contributed by atoms with Gasteiger partial charge in [-0.1, -0.05) is 23.3 Å². The molecule has 5 heteroatoms. The van der Waals surface area contributed by atoms with Crippen LogP contribution in [0.15, 0.2) is 35.4 Å². The maximum absolute atomic E-state index is 12.9. The van der Waals surface area contributed by atoms with E-state index in [1.54, 1.807) is 24.3 Å². The second kappa shape index (κ2) is 6.47. The molecular formula is C20H23NO4. The number of benzene rings is 1. The molecule has 0 aromatic heterocycles. The minimum Gasteiger partial charge on any atom is -0.481 e. The number of Topliss-reactive ketones (excluding diaryl/α,β-unsaturated/α-hetero) is 1. The normalized spacial score (nSPS) is 27.2. The Bertz CT molecular complexity index is 776. The molecule has 1 aromatic rings. The first-order chi connectivity index (χ1) is 11.8. The van der Waals surface area contributed by atoms with Gasteiger partial charge in [0, 0.05) is 11.3 Å². The van der Waals surface area contributed by atoms with E-state index in [0.717, 1.165) is 24.0 Å². The van der Waals surface area contributed by atoms with E-state index in [9.17, 15) is 19.5 Å². The van der Waals surface area contributed by atoms with Crippen LogP contribution < -0.4 is 5.32 Å². The van der Waals surface area contributed by atoms with E-state index >= 15 is 0 Å². The summed E-state index contributed by atoms with van der Waals surface area (Å²) in [6.45, 7) is 5.46. The van der Waals surface area contributed by atoms with Crippen LogP contribution in [0.1, 0.15) is 44.0 Å². The molecule has 0 unspecified atom stereocenters. The van der Waals surface area contributed by atoms with Crippen molar-refractivity contribution in [2.75, 3.05) is 5.32 Å². The van der Waals surface area contributed by atoms with Gasteiger partial charge in [0.2, 0.25) is 5.91 Å². The lowest BCUT2D eigenvalue weighted by molar-refractivity contribution is -0.148. The molecule has 0 heterocycles. The van der Waals surface area contributed by atoms with Gasteiger partial charge >= 0.3 is 5.97 Å². The number of carbonyl (C=O) groups excluding carboxylic acids is 2. The summed E-state index contributed by atoms with van der Waals surface area (Å²) in [6.07, 6.45) is 1.70. The van der Waals surface area contributed by atoms with Gasteiger partial charge in [0.05, 0.1) is 11.8 Å². The monoisotopic (exact) mass is 341 g/mol. The second-order valence-electron chi connectivity index (χ2n) is 7.26. The molecule has 0 aliphatic heterocycles. The van der Waals surface area contributed by atoms with Gasteiger partial charge in [-0.2, -0.15) is 0 Å². The third-order valence-electron chi connectivity index (χ3n) is 5.54. The van der Waals surface area contributed by atoms with E-state index < -0.39 is 17.8 Å². The van der Waals surface area contributed by atoms with Gasteiger partial charge in [0.1, 0.15) is 0 Å². The summed E-state index contributed by atoms with van der Waals surface area (Å²) in [4.78, 5) is 36.2. The Labute approximate surface area is 147 Å². The number of allylic oxidation sites excluding steroid dienone is 2. The number of hydrogen-bond donors (Lipinski definition) is 2. The number of carboxylic acid groups (broad SMARTS) is 1. The summed E-state index contributed by atoms with van der Waals surface area (Å²) in [6, 6.07) is 6.75. The number of amides is 1. The van der Waals surface area contributed by atoms with Crippen LogP contribution in [0, 0.1) is 23.7 Å². The summed E-state index contributed by atoms with van der Waals surface area (Å²) in [7, 11) is 0. The number of carboxylic acids is 1. The number of ketones is 1. The first kappa shape index (κ1) is 17.4. The number of rotatable bonds is 4. The summed E-state index contributed by atoms with van der Waals surface area (Å²) in [5.41, 5.74) is 3.34. The molecule has 2 aliphatic rings. The average Bonchev–Trinajstić information content (AvgIpc) is 3.11. The Morgan fingerprint density at radius 2 is 1.68 bits per heavy atom. The molecule has 3 rings (SSSR count). The summed E-state index contributed by atoms with van der Waals surface area (Å²) >= 11 is 0. The summed E-state index contributed by atoms with van der Waals surface area (Å²) < 4.78 is 0. The van der Waals surface area contributed by atoms with Crippen LogP contribution in [-0.2, 0) is 9.59 Å². The quantitative estimate of drug-likeness (QED) is 0.648. The molecule has 2 saturated carbocycles. The fourth-order valence-corrected chi connectivity index (χ4v) is 4.65. The van der Waals surface area contributed by atoms with Gasteiger partial charge < -0.3 is 10.4 Å². The molecule has 0 radical (unpaired) electrons. The number of nitrogens with one attached hydrogen (secondary N) is 1. The van der Waals surface area contributed by atoms with Crippen LogP contribution in [0.5, 0.6) is 0 Å². The van der Waals surface area contributed by atoms with Crippen LogP contribution in [-0.4, -0.2) is 22.8 Å². The number of carbonyl (C=O) groups is 3. The van der Waals surface area contributed by atoms with Crippen molar-refractivity contribution in [3.63, 3.8) is 0 Å². The van der Waals surface area contributed by atoms with E-state index in [0.29, 0.717) is 11.3 Å². The minimum absolute atomic E-state index is 0.00656. The van der Waals surface area contributed by atoms with Crippen LogP contribution >= 0.6 is 0 Å². The number of fused-ring (bicyclic) bond motifs is 2. The van der Waals surface area contributed by atoms with Crippen LogP contribution in [0.25, 0.3) is 0 Å². The van der Waals surface area contributed by atoms with E-state index in [4.69, 9.17) is 0 Å². The lowest BCUT2D eigenvalue weighted by Gasteiger charge is -2.26. The highest BCUT2D eigenvalue weighted by Gasteiger charge is 2.57. The molecular weight excluding hydrogens is 318 g/mol. The molecule has 2 N–H and O–H groups in total. The predicted octanol–water partition coefficient (Wildman–Crippen LogP) is 3.52. The zero-order chi connectivity index (χ0) is 18.3. The highest BCUT2D eigenvalue weighted by atomic mass is 16.4. The number of hydrogen-bond acceptors (Lipinski definition) is 3. The average molecular weight is 341 g/mol. The van der Waals surface area contributed by atoms with Crippen molar-refractivity contribution >= 4 is 23.3 Å². The lowest BCUT2D eigenvalue weighted by atomic mass is 9.78.